The molecule has 0 amide bonds. The van der Waals surface area contributed by atoms with Crippen molar-refractivity contribution in [3.63, 3.8) is 0 Å². The maximum Gasteiger partial charge on any atom is 0.0314 e. The molecule has 1 aliphatic rings. The second kappa shape index (κ2) is 5.54. The number of hydrogen-bond donors (Lipinski definition) is 1. The molecular weight excluding hydrogens is 232 g/mol. The van der Waals surface area contributed by atoms with Crippen LogP contribution >= 0.6 is 0 Å². The SMILES string of the molecule is CC1CC(C)CN(CC(C)(C)c2ccc(N)cc2)C1. The molecule has 2 rings (SSSR count). The zero-order valence-electron chi connectivity index (χ0n) is 12.8. The van der Waals surface area contributed by atoms with E-state index in [9.17, 15) is 0 Å². The molecule has 0 bridgehead atoms. The van der Waals surface area contributed by atoms with Gasteiger partial charge in [-0.05, 0) is 36.0 Å². The Morgan fingerprint density at radius 3 is 2.16 bits per heavy atom. The van der Waals surface area contributed by atoms with E-state index in [4.69, 9.17) is 5.73 Å². The molecule has 1 aromatic carbocycles. The lowest BCUT2D eigenvalue weighted by atomic mass is 9.82. The normalized spacial score (nSPS) is 25.5. The first-order valence-electron chi connectivity index (χ1n) is 7.45. The van der Waals surface area contributed by atoms with Crippen LogP contribution in [0.3, 0.4) is 0 Å². The topological polar surface area (TPSA) is 29.3 Å². The number of likely N-dealkylation sites (tertiary alicyclic amines) is 1. The number of hydrogen-bond acceptors (Lipinski definition) is 2. The van der Waals surface area contributed by atoms with Gasteiger partial charge in [0.25, 0.3) is 0 Å². The standard InChI is InChI=1S/C17H28N2/c1-13-9-14(2)11-19(10-13)12-17(3,4)15-5-7-16(18)8-6-15/h5-8,13-14H,9-12,18H2,1-4H3. The Kier molecular flexibility index (Phi) is 4.19. The van der Waals surface area contributed by atoms with E-state index in [2.05, 4.69) is 44.7 Å². The minimum absolute atomic E-state index is 0.185. The fourth-order valence-electron chi connectivity index (χ4n) is 3.51. The van der Waals surface area contributed by atoms with Crippen molar-refractivity contribution in [3.05, 3.63) is 29.8 Å². The molecule has 1 aromatic rings. The summed E-state index contributed by atoms with van der Waals surface area (Å²) in [5, 5.41) is 0. The highest BCUT2D eigenvalue weighted by atomic mass is 15.1. The molecule has 0 spiro atoms. The van der Waals surface area contributed by atoms with Crippen molar-refractivity contribution in [2.45, 2.75) is 39.5 Å². The fraction of sp³-hybridized carbons (Fsp3) is 0.647. The lowest BCUT2D eigenvalue weighted by Gasteiger charge is -2.40. The van der Waals surface area contributed by atoms with Gasteiger partial charge in [-0.25, -0.2) is 0 Å². The van der Waals surface area contributed by atoms with Gasteiger partial charge in [-0.15, -0.1) is 0 Å². The number of nitrogens with two attached hydrogens (primary N) is 1. The minimum Gasteiger partial charge on any atom is -0.399 e. The van der Waals surface area contributed by atoms with Gasteiger partial charge in [0.05, 0.1) is 0 Å². The smallest absolute Gasteiger partial charge is 0.0314 e. The van der Waals surface area contributed by atoms with Crippen molar-refractivity contribution >= 4 is 5.69 Å². The molecule has 2 heteroatoms. The van der Waals surface area contributed by atoms with Gasteiger partial charge in [0.2, 0.25) is 0 Å². The second-order valence-electron chi connectivity index (χ2n) is 7.15. The number of nitrogens with zero attached hydrogens (tertiary/aromatic N) is 1. The summed E-state index contributed by atoms with van der Waals surface area (Å²) >= 11 is 0. The molecule has 1 saturated heterocycles. The molecule has 0 saturated carbocycles. The first kappa shape index (κ1) is 14.4. The largest absolute Gasteiger partial charge is 0.399 e. The molecule has 2 N–H and O–H groups in total. The Morgan fingerprint density at radius 2 is 1.63 bits per heavy atom. The maximum atomic E-state index is 5.78. The molecule has 19 heavy (non-hydrogen) atoms. The molecule has 2 unspecified atom stereocenters. The van der Waals surface area contributed by atoms with Gasteiger partial charge in [0, 0.05) is 30.7 Å². The average Bonchev–Trinajstić information content (AvgIpc) is 2.27. The third-order valence-electron chi connectivity index (χ3n) is 4.26. The van der Waals surface area contributed by atoms with Gasteiger partial charge in [0.15, 0.2) is 0 Å². The van der Waals surface area contributed by atoms with Crippen LogP contribution in [0.5, 0.6) is 0 Å². The van der Waals surface area contributed by atoms with Crippen LogP contribution in [-0.2, 0) is 5.41 Å². The summed E-state index contributed by atoms with van der Waals surface area (Å²) in [4.78, 5) is 2.63. The predicted octanol–water partition coefficient (Wildman–Crippen LogP) is 3.52. The number of piperidine rings is 1. The molecule has 1 fully saturated rings. The molecule has 2 nitrogen and oxygen atoms in total. The zero-order chi connectivity index (χ0) is 14.0. The summed E-state index contributed by atoms with van der Waals surface area (Å²) in [6.45, 7) is 13.0. The molecule has 2 atom stereocenters. The van der Waals surface area contributed by atoms with Crippen molar-refractivity contribution < 1.29 is 0 Å². The molecule has 0 aromatic heterocycles. The van der Waals surface area contributed by atoms with E-state index < -0.39 is 0 Å². The molecule has 106 valence electrons. The van der Waals surface area contributed by atoms with Crippen molar-refractivity contribution in [1.82, 2.24) is 4.90 Å². The lowest BCUT2D eigenvalue weighted by molar-refractivity contribution is 0.119. The van der Waals surface area contributed by atoms with E-state index in [1.807, 2.05) is 12.1 Å². The zero-order valence-corrected chi connectivity index (χ0v) is 12.8. The Balaban J connectivity index is 2.05. The van der Waals surface area contributed by atoms with E-state index in [0.29, 0.717) is 0 Å². The quantitative estimate of drug-likeness (QED) is 0.843. The summed E-state index contributed by atoms with van der Waals surface area (Å²) < 4.78 is 0. The third-order valence-corrected chi connectivity index (χ3v) is 4.26. The van der Waals surface area contributed by atoms with Crippen LogP contribution in [0.4, 0.5) is 5.69 Å². The highest BCUT2D eigenvalue weighted by Crippen LogP contribution is 2.28. The van der Waals surface area contributed by atoms with E-state index in [-0.39, 0.29) is 5.41 Å². The first-order chi connectivity index (χ1) is 8.87. The highest BCUT2D eigenvalue weighted by Gasteiger charge is 2.28. The third kappa shape index (κ3) is 3.73. The summed E-state index contributed by atoms with van der Waals surface area (Å²) in [6.07, 6.45) is 1.37. The van der Waals surface area contributed by atoms with Crippen LogP contribution in [0.15, 0.2) is 24.3 Å². The van der Waals surface area contributed by atoms with Crippen LogP contribution in [0.25, 0.3) is 0 Å². The van der Waals surface area contributed by atoms with Crippen LogP contribution in [0, 0.1) is 11.8 Å². The van der Waals surface area contributed by atoms with Crippen molar-refractivity contribution in [3.8, 4) is 0 Å². The molecule has 0 aliphatic carbocycles. The number of rotatable bonds is 3. The number of benzene rings is 1. The molecule has 1 heterocycles. The van der Waals surface area contributed by atoms with Crippen molar-refractivity contribution in [2.24, 2.45) is 11.8 Å². The highest BCUT2D eigenvalue weighted by molar-refractivity contribution is 5.41. The Bertz CT molecular complexity index is 398. The summed E-state index contributed by atoms with van der Waals surface area (Å²) in [7, 11) is 0. The summed E-state index contributed by atoms with van der Waals surface area (Å²) in [6, 6.07) is 8.37. The summed E-state index contributed by atoms with van der Waals surface area (Å²) in [5.74, 6) is 1.65. The monoisotopic (exact) mass is 260 g/mol. The van der Waals surface area contributed by atoms with Crippen LogP contribution in [-0.4, -0.2) is 24.5 Å². The van der Waals surface area contributed by atoms with Gasteiger partial charge < -0.3 is 10.6 Å². The van der Waals surface area contributed by atoms with Crippen molar-refractivity contribution in [1.29, 1.82) is 0 Å². The van der Waals surface area contributed by atoms with Crippen molar-refractivity contribution in [2.75, 3.05) is 25.4 Å². The van der Waals surface area contributed by atoms with Crippen LogP contribution < -0.4 is 5.73 Å². The van der Waals surface area contributed by atoms with Gasteiger partial charge >= 0.3 is 0 Å². The number of anilines is 1. The van der Waals surface area contributed by atoms with Crippen LogP contribution in [0.2, 0.25) is 0 Å². The number of nitrogen functional groups attached to an aromatic ring is 1. The van der Waals surface area contributed by atoms with E-state index in [1.165, 1.54) is 25.1 Å². The van der Waals surface area contributed by atoms with Gasteiger partial charge in [-0.3, -0.25) is 0 Å². The lowest BCUT2D eigenvalue weighted by Crippen LogP contribution is -2.44. The predicted molar refractivity (Wildman–Crippen MR) is 83.3 cm³/mol. The van der Waals surface area contributed by atoms with Gasteiger partial charge in [-0.1, -0.05) is 39.8 Å². The summed E-state index contributed by atoms with van der Waals surface area (Å²) in [5.41, 5.74) is 8.19. The van der Waals surface area contributed by atoms with E-state index in [0.717, 1.165) is 24.1 Å². The molecule has 1 aliphatic heterocycles. The van der Waals surface area contributed by atoms with E-state index >= 15 is 0 Å². The van der Waals surface area contributed by atoms with Crippen LogP contribution in [0.1, 0.15) is 39.7 Å². The molecular formula is C17H28N2. The Morgan fingerprint density at radius 1 is 1.11 bits per heavy atom. The first-order valence-corrected chi connectivity index (χ1v) is 7.45. The van der Waals surface area contributed by atoms with E-state index in [1.54, 1.807) is 0 Å². The molecule has 0 radical (unpaired) electrons. The minimum atomic E-state index is 0.185. The fourth-order valence-corrected chi connectivity index (χ4v) is 3.51. The van der Waals surface area contributed by atoms with Gasteiger partial charge in [-0.2, -0.15) is 0 Å². The average molecular weight is 260 g/mol. The Hall–Kier alpha value is -1.02. The Labute approximate surface area is 118 Å². The van der Waals surface area contributed by atoms with Gasteiger partial charge in [0.1, 0.15) is 0 Å². The second-order valence-corrected chi connectivity index (χ2v) is 7.15. The maximum absolute atomic E-state index is 5.78.